The maximum absolute atomic E-state index is 13.0. The van der Waals surface area contributed by atoms with Crippen LogP contribution in [0.2, 0.25) is 0 Å². The molecule has 1 N–H and O–H groups in total. The van der Waals surface area contributed by atoms with E-state index < -0.39 is 17.7 Å². The van der Waals surface area contributed by atoms with Gasteiger partial charge in [0.25, 0.3) is 0 Å². The summed E-state index contributed by atoms with van der Waals surface area (Å²) < 4.78 is 25.8. The van der Waals surface area contributed by atoms with Crippen LogP contribution in [0.25, 0.3) is 0 Å². The van der Waals surface area contributed by atoms with Gasteiger partial charge in [0, 0.05) is 0 Å². The second-order valence-corrected chi connectivity index (χ2v) is 4.92. The lowest BCUT2D eigenvalue weighted by molar-refractivity contribution is 0.0850. The first-order chi connectivity index (χ1) is 8.16. The molecule has 1 saturated carbocycles. The molecule has 0 radical (unpaired) electrons. The first kappa shape index (κ1) is 12.5. The van der Waals surface area contributed by atoms with E-state index >= 15 is 0 Å². The second kappa shape index (κ2) is 5.58. The molecule has 0 aromatic heterocycles. The van der Waals surface area contributed by atoms with Gasteiger partial charge in [-0.1, -0.05) is 25.3 Å². The molecule has 1 aromatic rings. The first-order valence-corrected chi connectivity index (χ1v) is 6.29. The Hall–Kier alpha value is -0.960. The maximum atomic E-state index is 13.0. The quantitative estimate of drug-likeness (QED) is 0.858. The van der Waals surface area contributed by atoms with E-state index in [1.54, 1.807) is 6.07 Å². The summed E-state index contributed by atoms with van der Waals surface area (Å²) in [5.41, 5.74) is 0.668. The summed E-state index contributed by atoms with van der Waals surface area (Å²) in [6, 6.07) is 3.85. The van der Waals surface area contributed by atoms with E-state index in [0.29, 0.717) is 17.9 Å². The van der Waals surface area contributed by atoms with Crippen LogP contribution in [0.15, 0.2) is 18.2 Å². The molecule has 94 valence electrons. The van der Waals surface area contributed by atoms with Gasteiger partial charge in [-0.25, -0.2) is 8.78 Å². The zero-order valence-corrected chi connectivity index (χ0v) is 9.83. The molecule has 0 aliphatic heterocycles. The van der Waals surface area contributed by atoms with Gasteiger partial charge < -0.3 is 5.11 Å². The van der Waals surface area contributed by atoms with Crippen molar-refractivity contribution in [3.8, 4) is 0 Å². The smallest absolute Gasteiger partial charge is 0.159 e. The fraction of sp³-hybridized carbons (Fsp3) is 0.571. The van der Waals surface area contributed by atoms with Crippen LogP contribution < -0.4 is 0 Å². The average molecular weight is 240 g/mol. The summed E-state index contributed by atoms with van der Waals surface area (Å²) >= 11 is 0. The molecule has 0 heterocycles. The number of rotatable bonds is 3. The van der Waals surface area contributed by atoms with Crippen LogP contribution >= 0.6 is 0 Å². The van der Waals surface area contributed by atoms with E-state index in [0.717, 1.165) is 18.9 Å². The van der Waals surface area contributed by atoms with Gasteiger partial charge in [0.05, 0.1) is 6.10 Å². The summed E-state index contributed by atoms with van der Waals surface area (Å²) in [6.07, 6.45) is 5.66. The second-order valence-electron chi connectivity index (χ2n) is 4.92. The highest BCUT2D eigenvalue weighted by Gasteiger charge is 2.22. The Kier molecular flexibility index (Phi) is 4.11. The van der Waals surface area contributed by atoms with Crippen LogP contribution in [-0.4, -0.2) is 11.2 Å². The standard InChI is InChI=1S/C14H18F2O/c15-12-7-6-10(8-13(12)16)9-14(17)11-4-2-1-3-5-11/h6-8,11,14,17H,1-5,9H2. The number of halogens is 2. The number of hydrogen-bond donors (Lipinski definition) is 1. The lowest BCUT2D eigenvalue weighted by Gasteiger charge is -2.26. The third-order valence-corrected chi connectivity index (χ3v) is 3.62. The van der Waals surface area contributed by atoms with Crippen LogP contribution in [-0.2, 0) is 6.42 Å². The van der Waals surface area contributed by atoms with Crippen molar-refractivity contribution in [3.63, 3.8) is 0 Å². The molecule has 1 unspecified atom stereocenters. The molecule has 0 bridgehead atoms. The third kappa shape index (κ3) is 3.25. The Balaban J connectivity index is 1.96. The van der Waals surface area contributed by atoms with E-state index in [-0.39, 0.29) is 0 Å². The van der Waals surface area contributed by atoms with E-state index in [9.17, 15) is 13.9 Å². The molecule has 0 spiro atoms. The number of benzene rings is 1. The van der Waals surface area contributed by atoms with Gasteiger partial charge in [-0.15, -0.1) is 0 Å². The maximum Gasteiger partial charge on any atom is 0.159 e. The molecule has 3 heteroatoms. The molecule has 1 aromatic carbocycles. The Morgan fingerprint density at radius 3 is 2.47 bits per heavy atom. The minimum atomic E-state index is -0.835. The van der Waals surface area contributed by atoms with Crippen molar-refractivity contribution in [3.05, 3.63) is 35.4 Å². The summed E-state index contributed by atoms with van der Waals surface area (Å²) in [5, 5.41) is 10.1. The number of aliphatic hydroxyl groups is 1. The van der Waals surface area contributed by atoms with Crippen molar-refractivity contribution in [1.29, 1.82) is 0 Å². The van der Waals surface area contributed by atoms with E-state index in [1.807, 2.05) is 0 Å². The summed E-state index contributed by atoms with van der Waals surface area (Å²) in [7, 11) is 0. The minimum absolute atomic E-state index is 0.317. The predicted molar refractivity (Wildman–Crippen MR) is 62.6 cm³/mol. The molecule has 0 amide bonds. The normalized spacial score (nSPS) is 19.2. The van der Waals surface area contributed by atoms with E-state index in [4.69, 9.17) is 0 Å². The Morgan fingerprint density at radius 2 is 1.82 bits per heavy atom. The molecular weight excluding hydrogens is 222 g/mol. The van der Waals surface area contributed by atoms with Crippen LogP contribution in [0.1, 0.15) is 37.7 Å². The first-order valence-electron chi connectivity index (χ1n) is 6.29. The summed E-state index contributed by atoms with van der Waals surface area (Å²) in [4.78, 5) is 0. The van der Waals surface area contributed by atoms with Gasteiger partial charge in [-0.2, -0.15) is 0 Å². The fourth-order valence-electron chi connectivity index (χ4n) is 2.59. The largest absolute Gasteiger partial charge is 0.392 e. The van der Waals surface area contributed by atoms with Crippen molar-refractivity contribution < 1.29 is 13.9 Å². The third-order valence-electron chi connectivity index (χ3n) is 3.62. The molecule has 1 aliphatic rings. The Bertz CT molecular complexity index is 372. The molecule has 0 saturated heterocycles. The topological polar surface area (TPSA) is 20.2 Å². The van der Waals surface area contributed by atoms with Crippen molar-refractivity contribution in [2.75, 3.05) is 0 Å². The highest BCUT2D eigenvalue weighted by Crippen LogP contribution is 2.28. The fourth-order valence-corrected chi connectivity index (χ4v) is 2.59. The SMILES string of the molecule is OC(Cc1ccc(F)c(F)c1)C1CCCCC1. The van der Waals surface area contributed by atoms with Crippen molar-refractivity contribution in [2.45, 2.75) is 44.6 Å². The highest BCUT2D eigenvalue weighted by molar-refractivity contribution is 5.18. The van der Waals surface area contributed by atoms with E-state index in [2.05, 4.69) is 0 Å². The molecule has 1 nitrogen and oxygen atoms in total. The van der Waals surface area contributed by atoms with Gasteiger partial charge >= 0.3 is 0 Å². The highest BCUT2D eigenvalue weighted by atomic mass is 19.2. The van der Waals surface area contributed by atoms with Gasteiger partial charge in [-0.05, 0) is 42.9 Å². The number of hydrogen-bond acceptors (Lipinski definition) is 1. The molecule has 1 atom stereocenters. The van der Waals surface area contributed by atoms with E-state index in [1.165, 1.54) is 25.3 Å². The monoisotopic (exact) mass is 240 g/mol. The molecule has 1 fully saturated rings. The zero-order valence-electron chi connectivity index (χ0n) is 9.83. The van der Waals surface area contributed by atoms with Crippen LogP contribution in [0.3, 0.4) is 0 Å². The lowest BCUT2D eigenvalue weighted by atomic mass is 9.83. The van der Waals surface area contributed by atoms with Crippen LogP contribution in [0.5, 0.6) is 0 Å². The predicted octanol–water partition coefficient (Wildman–Crippen LogP) is 3.45. The van der Waals surface area contributed by atoms with Gasteiger partial charge in [0.15, 0.2) is 11.6 Å². The molecule has 1 aliphatic carbocycles. The van der Waals surface area contributed by atoms with Crippen LogP contribution in [0, 0.1) is 17.6 Å². The Morgan fingerprint density at radius 1 is 1.12 bits per heavy atom. The summed E-state index contributed by atoms with van der Waals surface area (Å²) in [5.74, 6) is -1.35. The Labute approximate surface area is 100 Å². The van der Waals surface area contributed by atoms with Gasteiger partial charge in [0.2, 0.25) is 0 Å². The zero-order chi connectivity index (χ0) is 12.3. The molecule has 17 heavy (non-hydrogen) atoms. The van der Waals surface area contributed by atoms with Gasteiger partial charge in [-0.3, -0.25) is 0 Å². The minimum Gasteiger partial charge on any atom is -0.392 e. The van der Waals surface area contributed by atoms with Crippen molar-refractivity contribution in [2.24, 2.45) is 5.92 Å². The van der Waals surface area contributed by atoms with Crippen molar-refractivity contribution in [1.82, 2.24) is 0 Å². The molecule has 2 rings (SSSR count). The summed E-state index contributed by atoms with van der Waals surface area (Å²) in [6.45, 7) is 0. The van der Waals surface area contributed by atoms with Crippen molar-refractivity contribution >= 4 is 0 Å². The van der Waals surface area contributed by atoms with Gasteiger partial charge in [0.1, 0.15) is 0 Å². The molecular formula is C14H18F2O. The number of aliphatic hydroxyl groups excluding tert-OH is 1. The average Bonchev–Trinajstić information content (AvgIpc) is 2.35. The van der Waals surface area contributed by atoms with Crippen LogP contribution in [0.4, 0.5) is 8.78 Å². The lowest BCUT2D eigenvalue weighted by Crippen LogP contribution is -2.25.